The summed E-state index contributed by atoms with van der Waals surface area (Å²) in [4.78, 5) is 12.8. The lowest BCUT2D eigenvalue weighted by Gasteiger charge is -1.99. The summed E-state index contributed by atoms with van der Waals surface area (Å²) in [7, 11) is 0. The number of carbonyl (C=O) groups excluding carboxylic acids is 1. The summed E-state index contributed by atoms with van der Waals surface area (Å²) < 4.78 is 0. The van der Waals surface area contributed by atoms with E-state index >= 15 is 0 Å². The smallest absolute Gasteiger partial charge is 0.152 e. The highest BCUT2D eigenvalue weighted by Crippen LogP contribution is 2.32. The second kappa shape index (κ2) is 4.84. The van der Waals surface area contributed by atoms with Gasteiger partial charge < -0.3 is 0 Å². The number of hydrogen-bond donors (Lipinski definition) is 0. The van der Waals surface area contributed by atoms with Crippen LogP contribution in [0.5, 0.6) is 0 Å². The van der Waals surface area contributed by atoms with Crippen molar-refractivity contribution in [2.24, 2.45) is 0 Å². The van der Waals surface area contributed by atoms with E-state index in [4.69, 9.17) is 11.6 Å². The molecule has 0 aliphatic carbocycles. The van der Waals surface area contributed by atoms with Crippen LogP contribution in [0.4, 0.5) is 0 Å². The van der Waals surface area contributed by atoms with Gasteiger partial charge in [-0.1, -0.05) is 23.4 Å². The van der Waals surface area contributed by atoms with Crippen molar-refractivity contribution in [1.82, 2.24) is 0 Å². The average Bonchev–Trinajstić information content (AvgIpc) is 2.69. The third kappa shape index (κ3) is 2.62. The van der Waals surface area contributed by atoms with Gasteiger partial charge in [0.1, 0.15) is 0 Å². The fraction of sp³-hybridized carbons (Fsp3) is 0. The van der Waals surface area contributed by atoms with Gasteiger partial charge in [0.2, 0.25) is 0 Å². The number of hydrogen-bond acceptors (Lipinski definition) is 3. The molecule has 0 aliphatic heterocycles. The van der Waals surface area contributed by atoms with Gasteiger partial charge in [0.25, 0.3) is 0 Å². The van der Waals surface area contributed by atoms with Gasteiger partial charge in [-0.25, -0.2) is 0 Å². The summed E-state index contributed by atoms with van der Waals surface area (Å²) in [5.74, 6) is 0. The first kappa shape index (κ1) is 10.7. The molecular weight excluding hydrogens is 248 g/mol. The van der Waals surface area contributed by atoms with Crippen LogP contribution in [0.3, 0.4) is 0 Å². The maximum absolute atomic E-state index is 10.7. The fourth-order valence-corrected chi connectivity index (χ4v) is 3.06. The number of thiophene rings is 1. The molecule has 0 atom stereocenters. The van der Waals surface area contributed by atoms with Crippen molar-refractivity contribution in [3.8, 4) is 0 Å². The lowest BCUT2D eigenvalue weighted by molar-refractivity contribution is 0.112. The molecule has 1 aromatic heterocycles. The molecule has 0 unspecified atom stereocenters. The molecule has 2 aromatic rings. The second-order valence-corrected chi connectivity index (χ2v) is 5.16. The monoisotopic (exact) mass is 254 g/mol. The molecule has 0 aliphatic rings. The van der Waals surface area contributed by atoms with Gasteiger partial charge in [-0.2, -0.15) is 11.3 Å². The van der Waals surface area contributed by atoms with Crippen LogP contribution in [0, 0.1) is 0 Å². The number of halogens is 1. The molecule has 76 valence electrons. The zero-order valence-electron chi connectivity index (χ0n) is 7.64. The quantitative estimate of drug-likeness (QED) is 0.757. The van der Waals surface area contributed by atoms with E-state index in [1.807, 2.05) is 35.0 Å². The molecule has 0 N–H and O–H groups in total. The summed E-state index contributed by atoms with van der Waals surface area (Å²) in [6.45, 7) is 0. The molecule has 2 rings (SSSR count). The summed E-state index contributed by atoms with van der Waals surface area (Å²) in [5.41, 5.74) is 0.750. The standard InChI is InChI=1S/C11H7ClOS2/c12-9-1-3-10(4-2-9)15-11-7-14-6-8(11)5-13/h1-7H. The van der Waals surface area contributed by atoms with Gasteiger partial charge in [-0.15, -0.1) is 0 Å². The van der Waals surface area contributed by atoms with Gasteiger partial charge in [0, 0.05) is 31.1 Å². The van der Waals surface area contributed by atoms with Crippen molar-refractivity contribution in [2.45, 2.75) is 9.79 Å². The van der Waals surface area contributed by atoms with Crippen LogP contribution < -0.4 is 0 Å². The first-order valence-electron chi connectivity index (χ1n) is 4.24. The van der Waals surface area contributed by atoms with E-state index in [-0.39, 0.29) is 0 Å². The van der Waals surface area contributed by atoms with Crippen LogP contribution in [-0.4, -0.2) is 6.29 Å². The maximum Gasteiger partial charge on any atom is 0.152 e. The van der Waals surface area contributed by atoms with Crippen molar-refractivity contribution in [2.75, 3.05) is 0 Å². The van der Waals surface area contributed by atoms with Crippen LogP contribution in [0.15, 0.2) is 44.8 Å². The Labute approximate surface area is 101 Å². The Balaban J connectivity index is 2.21. The predicted molar refractivity (Wildman–Crippen MR) is 65.3 cm³/mol. The van der Waals surface area contributed by atoms with Gasteiger partial charge in [0.05, 0.1) is 0 Å². The Bertz CT molecular complexity index is 462. The summed E-state index contributed by atoms with van der Waals surface area (Å²) in [5, 5.41) is 4.55. The molecular formula is C11H7ClOS2. The molecule has 0 saturated carbocycles. The highest BCUT2D eigenvalue weighted by molar-refractivity contribution is 7.99. The van der Waals surface area contributed by atoms with Crippen LogP contribution >= 0.6 is 34.7 Å². The molecule has 0 spiro atoms. The third-order valence-electron chi connectivity index (χ3n) is 1.82. The van der Waals surface area contributed by atoms with E-state index in [1.54, 1.807) is 11.8 Å². The second-order valence-electron chi connectivity index (χ2n) is 2.87. The van der Waals surface area contributed by atoms with E-state index in [9.17, 15) is 4.79 Å². The average molecular weight is 255 g/mol. The van der Waals surface area contributed by atoms with E-state index < -0.39 is 0 Å². The molecule has 0 bridgehead atoms. The van der Waals surface area contributed by atoms with Crippen molar-refractivity contribution >= 4 is 41.0 Å². The van der Waals surface area contributed by atoms with E-state index in [0.29, 0.717) is 0 Å². The molecule has 0 saturated heterocycles. The van der Waals surface area contributed by atoms with Gasteiger partial charge in [-0.05, 0) is 24.3 Å². The summed E-state index contributed by atoms with van der Waals surface area (Å²) >= 11 is 8.90. The van der Waals surface area contributed by atoms with E-state index in [2.05, 4.69) is 0 Å². The Morgan fingerprint density at radius 1 is 1.20 bits per heavy atom. The highest BCUT2D eigenvalue weighted by atomic mass is 35.5. The molecule has 0 amide bonds. The van der Waals surface area contributed by atoms with Crippen molar-refractivity contribution < 1.29 is 4.79 Å². The van der Waals surface area contributed by atoms with Gasteiger partial charge in [-0.3, -0.25) is 4.79 Å². The molecule has 1 heterocycles. The van der Waals surface area contributed by atoms with Gasteiger partial charge >= 0.3 is 0 Å². The van der Waals surface area contributed by atoms with Crippen molar-refractivity contribution in [3.63, 3.8) is 0 Å². The largest absolute Gasteiger partial charge is 0.298 e. The lowest BCUT2D eigenvalue weighted by Crippen LogP contribution is -1.77. The topological polar surface area (TPSA) is 17.1 Å². The first-order valence-corrected chi connectivity index (χ1v) is 6.38. The summed E-state index contributed by atoms with van der Waals surface area (Å²) in [6.07, 6.45) is 0.884. The number of carbonyl (C=O) groups is 1. The van der Waals surface area contributed by atoms with Crippen LogP contribution in [-0.2, 0) is 0 Å². The SMILES string of the molecule is O=Cc1cscc1Sc1ccc(Cl)cc1. The third-order valence-corrected chi connectivity index (χ3v) is 4.07. The van der Waals surface area contributed by atoms with E-state index in [0.717, 1.165) is 26.7 Å². The van der Waals surface area contributed by atoms with Crippen LogP contribution in [0.25, 0.3) is 0 Å². The lowest BCUT2D eigenvalue weighted by atomic mass is 10.4. The molecule has 4 heteroatoms. The fourth-order valence-electron chi connectivity index (χ4n) is 1.09. The Kier molecular flexibility index (Phi) is 3.46. The molecule has 0 fully saturated rings. The first-order chi connectivity index (χ1) is 7.29. The molecule has 1 nitrogen and oxygen atoms in total. The zero-order valence-corrected chi connectivity index (χ0v) is 10.0. The number of aldehydes is 1. The van der Waals surface area contributed by atoms with E-state index in [1.165, 1.54) is 11.3 Å². The van der Waals surface area contributed by atoms with Gasteiger partial charge in [0.15, 0.2) is 6.29 Å². The number of rotatable bonds is 3. The predicted octanol–water partition coefficient (Wildman–Crippen LogP) is 4.37. The van der Waals surface area contributed by atoms with Crippen LogP contribution in [0.2, 0.25) is 5.02 Å². The minimum absolute atomic E-state index is 0.722. The summed E-state index contributed by atoms with van der Waals surface area (Å²) in [6, 6.07) is 7.58. The number of benzene rings is 1. The zero-order chi connectivity index (χ0) is 10.7. The Morgan fingerprint density at radius 2 is 1.93 bits per heavy atom. The molecule has 0 radical (unpaired) electrons. The minimum atomic E-state index is 0.722. The highest BCUT2D eigenvalue weighted by Gasteiger charge is 2.04. The molecule has 1 aromatic carbocycles. The minimum Gasteiger partial charge on any atom is -0.298 e. The van der Waals surface area contributed by atoms with Crippen molar-refractivity contribution in [3.05, 3.63) is 45.6 Å². The molecule has 15 heavy (non-hydrogen) atoms. The maximum atomic E-state index is 10.7. The van der Waals surface area contributed by atoms with Crippen LogP contribution in [0.1, 0.15) is 10.4 Å². The normalized spacial score (nSPS) is 10.2. The van der Waals surface area contributed by atoms with Crippen molar-refractivity contribution in [1.29, 1.82) is 0 Å². The Hall–Kier alpha value is -0.770. The Morgan fingerprint density at radius 3 is 2.60 bits per heavy atom.